The molecule has 21 heavy (non-hydrogen) atoms. The van der Waals surface area contributed by atoms with Gasteiger partial charge in [0.1, 0.15) is 5.54 Å². The highest BCUT2D eigenvalue weighted by Gasteiger charge is 2.42. The van der Waals surface area contributed by atoms with Crippen molar-refractivity contribution in [1.82, 2.24) is 5.32 Å². The molecule has 114 valence electrons. The Morgan fingerprint density at radius 2 is 1.95 bits per heavy atom. The second kappa shape index (κ2) is 6.18. The fourth-order valence-corrected chi connectivity index (χ4v) is 3.45. The van der Waals surface area contributed by atoms with Crippen molar-refractivity contribution in [3.05, 3.63) is 28.2 Å². The second-order valence-electron chi connectivity index (χ2n) is 5.50. The third kappa shape index (κ3) is 2.98. The first kappa shape index (κ1) is 16.0. The summed E-state index contributed by atoms with van der Waals surface area (Å²) in [7, 11) is 0. The molecule has 0 bridgehead atoms. The molecule has 0 aliphatic carbocycles. The summed E-state index contributed by atoms with van der Waals surface area (Å²) in [5.74, 6) is -0.0827. The molecule has 4 nitrogen and oxygen atoms in total. The first-order chi connectivity index (χ1) is 9.93. The van der Waals surface area contributed by atoms with Gasteiger partial charge in [0.2, 0.25) is 5.91 Å². The molecule has 0 aromatic heterocycles. The van der Waals surface area contributed by atoms with E-state index in [1.165, 1.54) is 0 Å². The van der Waals surface area contributed by atoms with E-state index in [0.717, 1.165) is 15.7 Å². The molecule has 1 heterocycles. The molecular formula is C16H21BrN2O2. The lowest BCUT2D eigenvalue weighted by Gasteiger charge is -2.34. The zero-order valence-corrected chi connectivity index (χ0v) is 14.3. The molecular weight excluding hydrogens is 332 g/mol. The zero-order valence-electron chi connectivity index (χ0n) is 12.7. The minimum Gasteiger partial charge on any atom is -0.342 e. The first-order valence-corrected chi connectivity index (χ1v) is 8.12. The number of hydrogen-bond acceptors (Lipinski definition) is 2. The fourth-order valence-electron chi connectivity index (χ4n) is 2.75. The average Bonchev–Trinajstić information content (AvgIpc) is 2.58. The highest BCUT2D eigenvalue weighted by molar-refractivity contribution is 9.10. The number of carbonyl (C=O) groups is 2. The predicted octanol–water partition coefficient (Wildman–Crippen LogP) is 3.17. The number of carbonyl (C=O) groups excluding carboxylic acids is 2. The van der Waals surface area contributed by atoms with Crippen LogP contribution in [0.25, 0.3) is 0 Å². The molecule has 1 saturated heterocycles. The van der Waals surface area contributed by atoms with Crippen LogP contribution in [-0.2, 0) is 9.59 Å². The lowest BCUT2D eigenvalue weighted by molar-refractivity contribution is -0.130. The SMILES string of the molecule is CCC1(CC)NC(=O)CCN(c2ccc(C)cc2Br)C1=O. The number of amides is 2. The number of nitrogens with one attached hydrogen (secondary N) is 1. The molecule has 2 rings (SSSR count). The summed E-state index contributed by atoms with van der Waals surface area (Å²) in [6, 6.07) is 5.90. The normalized spacial score (nSPS) is 18.4. The van der Waals surface area contributed by atoms with Crippen LogP contribution in [0.3, 0.4) is 0 Å². The summed E-state index contributed by atoms with van der Waals surface area (Å²) in [6.45, 7) is 6.30. The molecule has 0 saturated carbocycles. The predicted molar refractivity (Wildman–Crippen MR) is 87.3 cm³/mol. The zero-order chi connectivity index (χ0) is 15.6. The number of anilines is 1. The largest absolute Gasteiger partial charge is 0.342 e. The number of aryl methyl sites for hydroxylation is 1. The molecule has 1 N–H and O–H groups in total. The summed E-state index contributed by atoms with van der Waals surface area (Å²) in [6.07, 6.45) is 1.51. The Labute approximate surface area is 134 Å². The van der Waals surface area contributed by atoms with Gasteiger partial charge in [0.25, 0.3) is 5.91 Å². The van der Waals surface area contributed by atoms with Gasteiger partial charge in [-0.15, -0.1) is 0 Å². The van der Waals surface area contributed by atoms with Crippen LogP contribution in [0, 0.1) is 6.92 Å². The van der Waals surface area contributed by atoms with Crippen molar-refractivity contribution in [2.45, 2.75) is 45.6 Å². The summed E-state index contributed by atoms with van der Waals surface area (Å²) >= 11 is 3.53. The molecule has 1 fully saturated rings. The number of hydrogen-bond donors (Lipinski definition) is 1. The van der Waals surface area contributed by atoms with E-state index < -0.39 is 5.54 Å². The summed E-state index contributed by atoms with van der Waals surface area (Å²) in [5, 5.41) is 2.93. The molecule has 2 amide bonds. The van der Waals surface area contributed by atoms with Crippen LogP contribution >= 0.6 is 15.9 Å². The molecule has 0 unspecified atom stereocenters. The number of halogens is 1. The molecule has 5 heteroatoms. The number of benzene rings is 1. The van der Waals surface area contributed by atoms with E-state index in [0.29, 0.717) is 25.8 Å². The Balaban J connectivity index is 2.47. The van der Waals surface area contributed by atoms with Crippen molar-refractivity contribution in [1.29, 1.82) is 0 Å². The highest BCUT2D eigenvalue weighted by atomic mass is 79.9. The Bertz CT molecular complexity index is 567. The molecule has 1 aromatic rings. The topological polar surface area (TPSA) is 49.4 Å². The maximum absolute atomic E-state index is 13.0. The van der Waals surface area contributed by atoms with Crippen molar-refractivity contribution in [2.75, 3.05) is 11.4 Å². The lowest BCUT2D eigenvalue weighted by Crippen LogP contribution is -2.56. The summed E-state index contributed by atoms with van der Waals surface area (Å²) < 4.78 is 0.881. The van der Waals surface area contributed by atoms with Gasteiger partial charge in [-0.1, -0.05) is 19.9 Å². The standard InChI is InChI=1S/C16H21BrN2O2/c1-4-16(5-2)15(21)19(9-8-14(20)18-16)13-7-6-11(3)10-12(13)17/h6-7,10H,4-5,8-9H2,1-3H3,(H,18,20). The van der Waals surface area contributed by atoms with Gasteiger partial charge in [-0.25, -0.2) is 0 Å². The Morgan fingerprint density at radius 1 is 1.29 bits per heavy atom. The van der Waals surface area contributed by atoms with E-state index in [9.17, 15) is 9.59 Å². The van der Waals surface area contributed by atoms with Crippen molar-refractivity contribution in [3.63, 3.8) is 0 Å². The van der Waals surface area contributed by atoms with Crippen LogP contribution in [0.15, 0.2) is 22.7 Å². The minimum atomic E-state index is -0.794. The Kier molecular flexibility index (Phi) is 4.71. The minimum absolute atomic E-state index is 0.0251. The van der Waals surface area contributed by atoms with Crippen LogP contribution < -0.4 is 10.2 Å². The van der Waals surface area contributed by atoms with Gasteiger partial charge in [-0.3, -0.25) is 9.59 Å². The Hall–Kier alpha value is -1.36. The summed E-state index contributed by atoms with van der Waals surface area (Å²) in [5.41, 5.74) is 1.16. The van der Waals surface area contributed by atoms with Crippen LogP contribution in [0.4, 0.5) is 5.69 Å². The average molecular weight is 353 g/mol. The Morgan fingerprint density at radius 3 is 2.52 bits per heavy atom. The quantitative estimate of drug-likeness (QED) is 0.908. The van der Waals surface area contributed by atoms with E-state index in [4.69, 9.17) is 0 Å². The maximum Gasteiger partial charge on any atom is 0.252 e. The molecule has 1 aromatic carbocycles. The van der Waals surface area contributed by atoms with Gasteiger partial charge in [-0.05, 0) is 53.4 Å². The molecule has 0 atom stereocenters. The van der Waals surface area contributed by atoms with E-state index in [2.05, 4.69) is 21.2 Å². The monoisotopic (exact) mass is 352 g/mol. The number of rotatable bonds is 3. The van der Waals surface area contributed by atoms with Crippen molar-refractivity contribution < 1.29 is 9.59 Å². The second-order valence-corrected chi connectivity index (χ2v) is 6.35. The van der Waals surface area contributed by atoms with Crippen LogP contribution in [0.5, 0.6) is 0 Å². The molecule has 0 spiro atoms. The van der Waals surface area contributed by atoms with Gasteiger partial charge in [0.15, 0.2) is 0 Å². The lowest BCUT2D eigenvalue weighted by atomic mass is 9.91. The third-order valence-corrected chi connectivity index (χ3v) is 4.83. The third-order valence-electron chi connectivity index (χ3n) is 4.20. The van der Waals surface area contributed by atoms with E-state index in [-0.39, 0.29) is 11.8 Å². The van der Waals surface area contributed by atoms with Gasteiger partial charge in [0.05, 0.1) is 5.69 Å². The maximum atomic E-state index is 13.0. The van der Waals surface area contributed by atoms with Crippen molar-refractivity contribution in [3.8, 4) is 0 Å². The van der Waals surface area contributed by atoms with Crippen molar-refractivity contribution in [2.24, 2.45) is 0 Å². The van der Waals surface area contributed by atoms with Gasteiger partial charge >= 0.3 is 0 Å². The van der Waals surface area contributed by atoms with Crippen LogP contribution in [-0.4, -0.2) is 23.9 Å². The van der Waals surface area contributed by atoms with Gasteiger partial charge < -0.3 is 10.2 Å². The van der Waals surface area contributed by atoms with E-state index in [1.54, 1.807) is 4.90 Å². The number of nitrogens with zero attached hydrogens (tertiary/aromatic N) is 1. The summed E-state index contributed by atoms with van der Waals surface area (Å²) in [4.78, 5) is 26.7. The molecule has 1 aliphatic heterocycles. The van der Waals surface area contributed by atoms with Crippen molar-refractivity contribution >= 4 is 33.4 Å². The van der Waals surface area contributed by atoms with Gasteiger partial charge in [-0.2, -0.15) is 0 Å². The first-order valence-electron chi connectivity index (χ1n) is 7.32. The van der Waals surface area contributed by atoms with Crippen LogP contribution in [0.1, 0.15) is 38.7 Å². The van der Waals surface area contributed by atoms with E-state index >= 15 is 0 Å². The van der Waals surface area contributed by atoms with E-state index in [1.807, 2.05) is 39.0 Å². The smallest absolute Gasteiger partial charge is 0.252 e. The molecule has 0 radical (unpaired) electrons. The highest BCUT2D eigenvalue weighted by Crippen LogP contribution is 2.32. The van der Waals surface area contributed by atoms with Crippen LogP contribution in [0.2, 0.25) is 0 Å². The van der Waals surface area contributed by atoms with Gasteiger partial charge in [0, 0.05) is 17.4 Å². The molecule has 1 aliphatic rings. The fraction of sp³-hybridized carbons (Fsp3) is 0.500.